The van der Waals surface area contributed by atoms with Crippen molar-refractivity contribution in [1.82, 2.24) is 15.2 Å². The first-order valence-corrected chi connectivity index (χ1v) is 12.1. The van der Waals surface area contributed by atoms with Crippen molar-refractivity contribution in [2.75, 3.05) is 25.1 Å². The van der Waals surface area contributed by atoms with Crippen LogP contribution in [0.1, 0.15) is 44.7 Å². The molecule has 1 aromatic heterocycles. The molecule has 0 saturated carbocycles. The molecule has 0 radical (unpaired) electrons. The molecule has 0 spiro atoms. The molecule has 0 aliphatic carbocycles. The van der Waals surface area contributed by atoms with Crippen molar-refractivity contribution < 1.29 is 19.1 Å². The van der Waals surface area contributed by atoms with E-state index in [9.17, 15) is 14.4 Å². The zero-order valence-electron chi connectivity index (χ0n) is 20.1. The van der Waals surface area contributed by atoms with Gasteiger partial charge in [0.1, 0.15) is 5.75 Å². The Hall–Kier alpha value is -4.20. The van der Waals surface area contributed by atoms with Crippen molar-refractivity contribution >= 4 is 23.4 Å². The van der Waals surface area contributed by atoms with Gasteiger partial charge < -0.3 is 15.0 Å². The lowest BCUT2D eigenvalue weighted by atomic mass is 9.95. The number of aromatic nitrogens is 1. The fourth-order valence-corrected chi connectivity index (χ4v) is 4.98. The molecule has 184 valence electrons. The van der Waals surface area contributed by atoms with Crippen molar-refractivity contribution in [2.24, 2.45) is 5.92 Å². The first kappa shape index (κ1) is 23.5. The molecule has 0 unspecified atom stereocenters. The van der Waals surface area contributed by atoms with Crippen LogP contribution in [0, 0.1) is 5.92 Å². The minimum absolute atomic E-state index is 0.0279. The number of amides is 3. The zero-order valence-corrected chi connectivity index (χ0v) is 20.1. The number of imide groups is 1. The SMILES string of the molecule is COc1ccccc1CNC(=O)[C@@H]1CCCN(c2cccc3c2C(=O)N(Cc2ccncc2)C3=O)C1. The Morgan fingerprint density at radius 1 is 1.06 bits per heavy atom. The molecule has 3 aromatic rings. The Kier molecular flexibility index (Phi) is 6.66. The molecular formula is C28H28N4O4. The van der Waals surface area contributed by atoms with Crippen LogP contribution in [0.2, 0.25) is 0 Å². The summed E-state index contributed by atoms with van der Waals surface area (Å²) >= 11 is 0. The smallest absolute Gasteiger partial charge is 0.263 e. The van der Waals surface area contributed by atoms with Crippen LogP contribution < -0.4 is 15.0 Å². The third-order valence-corrected chi connectivity index (χ3v) is 6.85. The summed E-state index contributed by atoms with van der Waals surface area (Å²) in [6.45, 7) is 1.79. The lowest BCUT2D eigenvalue weighted by Gasteiger charge is -2.34. The minimum atomic E-state index is -0.301. The van der Waals surface area contributed by atoms with Gasteiger partial charge in [-0.05, 0) is 48.7 Å². The monoisotopic (exact) mass is 484 g/mol. The maximum absolute atomic E-state index is 13.4. The average Bonchev–Trinajstić information content (AvgIpc) is 3.17. The Balaban J connectivity index is 1.31. The molecule has 8 nitrogen and oxygen atoms in total. The molecule has 1 atom stereocenters. The summed E-state index contributed by atoms with van der Waals surface area (Å²) in [7, 11) is 1.61. The topological polar surface area (TPSA) is 91.8 Å². The number of methoxy groups -OCH3 is 1. The van der Waals surface area contributed by atoms with Crippen LogP contribution in [0.25, 0.3) is 0 Å². The number of carbonyl (C=O) groups excluding carboxylic acids is 3. The minimum Gasteiger partial charge on any atom is -0.496 e. The van der Waals surface area contributed by atoms with E-state index >= 15 is 0 Å². The van der Waals surface area contributed by atoms with Gasteiger partial charge in [-0.25, -0.2) is 0 Å². The van der Waals surface area contributed by atoms with Gasteiger partial charge >= 0.3 is 0 Å². The highest BCUT2D eigenvalue weighted by Crippen LogP contribution is 2.34. The molecule has 5 rings (SSSR count). The number of hydrogen-bond acceptors (Lipinski definition) is 6. The number of piperidine rings is 1. The van der Waals surface area contributed by atoms with Crippen LogP contribution in [-0.4, -0.2) is 47.8 Å². The van der Waals surface area contributed by atoms with E-state index in [1.54, 1.807) is 43.8 Å². The fourth-order valence-electron chi connectivity index (χ4n) is 4.98. The highest BCUT2D eigenvalue weighted by atomic mass is 16.5. The molecule has 1 N–H and O–H groups in total. The predicted molar refractivity (Wildman–Crippen MR) is 135 cm³/mol. The Labute approximate surface area is 209 Å². The molecule has 1 fully saturated rings. The summed E-state index contributed by atoms with van der Waals surface area (Å²) in [4.78, 5) is 46.9. The number of para-hydroxylation sites is 1. The number of carbonyl (C=O) groups is 3. The third kappa shape index (κ3) is 4.54. The van der Waals surface area contributed by atoms with E-state index < -0.39 is 0 Å². The first-order chi connectivity index (χ1) is 17.6. The summed E-state index contributed by atoms with van der Waals surface area (Å²) < 4.78 is 5.38. The summed E-state index contributed by atoms with van der Waals surface area (Å²) in [6.07, 6.45) is 4.88. The van der Waals surface area contributed by atoms with Crippen LogP contribution in [0.5, 0.6) is 5.75 Å². The number of ether oxygens (including phenoxy) is 1. The van der Waals surface area contributed by atoms with E-state index in [0.29, 0.717) is 29.9 Å². The second kappa shape index (κ2) is 10.2. The van der Waals surface area contributed by atoms with Crippen molar-refractivity contribution in [3.05, 3.63) is 89.2 Å². The van der Waals surface area contributed by atoms with E-state index in [1.807, 2.05) is 30.3 Å². The van der Waals surface area contributed by atoms with Crippen molar-refractivity contribution in [1.29, 1.82) is 0 Å². The number of anilines is 1. The van der Waals surface area contributed by atoms with Crippen LogP contribution in [0.4, 0.5) is 5.69 Å². The van der Waals surface area contributed by atoms with E-state index in [4.69, 9.17) is 4.74 Å². The van der Waals surface area contributed by atoms with Crippen LogP contribution in [0.3, 0.4) is 0 Å². The molecule has 2 aliphatic heterocycles. The highest BCUT2D eigenvalue weighted by molar-refractivity contribution is 6.23. The Morgan fingerprint density at radius 2 is 1.86 bits per heavy atom. The van der Waals surface area contributed by atoms with Gasteiger partial charge in [0.2, 0.25) is 5.91 Å². The van der Waals surface area contributed by atoms with E-state index in [1.165, 1.54) is 4.90 Å². The van der Waals surface area contributed by atoms with Gasteiger partial charge in [-0.3, -0.25) is 24.3 Å². The molecule has 3 heterocycles. The summed E-state index contributed by atoms with van der Waals surface area (Å²) in [5, 5.41) is 3.04. The van der Waals surface area contributed by atoms with Crippen molar-refractivity contribution in [2.45, 2.75) is 25.9 Å². The number of nitrogens with one attached hydrogen (secondary N) is 1. The molecule has 8 heteroatoms. The second-order valence-electron chi connectivity index (χ2n) is 9.07. The van der Waals surface area contributed by atoms with Gasteiger partial charge in [0.05, 0.1) is 36.4 Å². The maximum atomic E-state index is 13.4. The number of benzene rings is 2. The molecule has 0 bridgehead atoms. The average molecular weight is 485 g/mol. The van der Waals surface area contributed by atoms with E-state index in [2.05, 4.69) is 15.2 Å². The van der Waals surface area contributed by atoms with Gasteiger partial charge in [0.15, 0.2) is 0 Å². The normalized spacial score (nSPS) is 17.2. The number of fused-ring (bicyclic) bond motifs is 1. The first-order valence-electron chi connectivity index (χ1n) is 12.1. The van der Waals surface area contributed by atoms with Crippen LogP contribution >= 0.6 is 0 Å². The number of hydrogen-bond donors (Lipinski definition) is 1. The molecular weight excluding hydrogens is 456 g/mol. The Bertz CT molecular complexity index is 1290. The lowest BCUT2D eigenvalue weighted by molar-refractivity contribution is -0.125. The summed E-state index contributed by atoms with van der Waals surface area (Å²) in [5.41, 5.74) is 3.30. The molecule has 3 amide bonds. The largest absolute Gasteiger partial charge is 0.496 e. The van der Waals surface area contributed by atoms with E-state index in [-0.39, 0.29) is 30.2 Å². The van der Waals surface area contributed by atoms with Gasteiger partial charge in [0, 0.05) is 37.6 Å². The quantitative estimate of drug-likeness (QED) is 0.517. The fraction of sp³-hybridized carbons (Fsp3) is 0.286. The summed E-state index contributed by atoms with van der Waals surface area (Å²) in [5.74, 6) is -0.103. The van der Waals surface area contributed by atoms with Gasteiger partial charge in [-0.1, -0.05) is 24.3 Å². The number of pyridine rings is 1. The molecule has 1 saturated heterocycles. The van der Waals surface area contributed by atoms with Crippen molar-refractivity contribution in [3.63, 3.8) is 0 Å². The maximum Gasteiger partial charge on any atom is 0.263 e. The van der Waals surface area contributed by atoms with Gasteiger partial charge in [-0.2, -0.15) is 0 Å². The third-order valence-electron chi connectivity index (χ3n) is 6.85. The Morgan fingerprint density at radius 3 is 2.67 bits per heavy atom. The number of rotatable bonds is 7. The lowest BCUT2D eigenvalue weighted by Crippen LogP contribution is -2.43. The molecule has 2 aliphatic rings. The van der Waals surface area contributed by atoms with Crippen LogP contribution in [0.15, 0.2) is 67.0 Å². The second-order valence-corrected chi connectivity index (χ2v) is 9.07. The van der Waals surface area contributed by atoms with Gasteiger partial charge in [-0.15, -0.1) is 0 Å². The van der Waals surface area contributed by atoms with Crippen molar-refractivity contribution in [3.8, 4) is 5.75 Å². The number of nitrogens with zero attached hydrogens (tertiary/aromatic N) is 3. The van der Waals surface area contributed by atoms with Crippen LogP contribution in [-0.2, 0) is 17.9 Å². The molecule has 2 aromatic carbocycles. The highest BCUT2D eigenvalue weighted by Gasteiger charge is 2.39. The van der Waals surface area contributed by atoms with E-state index in [0.717, 1.165) is 36.3 Å². The zero-order chi connectivity index (χ0) is 25.1. The summed E-state index contributed by atoms with van der Waals surface area (Å²) in [6, 6.07) is 16.6. The predicted octanol–water partition coefficient (Wildman–Crippen LogP) is 3.42. The van der Waals surface area contributed by atoms with Gasteiger partial charge in [0.25, 0.3) is 11.8 Å². The standard InChI is InChI=1S/C28H28N4O4/c1-36-24-10-3-2-6-20(24)16-30-26(33)21-7-5-15-31(18-21)23-9-4-8-22-25(23)28(35)32(27(22)34)17-19-11-13-29-14-12-19/h2-4,6,8-14,21H,5,7,15-18H2,1H3,(H,30,33)/t21-/m1/s1. The molecule has 36 heavy (non-hydrogen) atoms.